The van der Waals surface area contributed by atoms with Gasteiger partial charge >= 0.3 is 0 Å². The van der Waals surface area contributed by atoms with Crippen LogP contribution in [0.1, 0.15) is 105 Å². The first-order valence-electron chi connectivity index (χ1n) is 11.9. The van der Waals surface area contributed by atoms with Crippen molar-refractivity contribution in [3.05, 3.63) is 29.8 Å². The van der Waals surface area contributed by atoms with Crippen molar-refractivity contribution in [3.63, 3.8) is 0 Å². The van der Waals surface area contributed by atoms with Crippen molar-refractivity contribution < 1.29 is 9.47 Å². The van der Waals surface area contributed by atoms with Gasteiger partial charge in [0, 0.05) is 13.0 Å². The van der Waals surface area contributed by atoms with E-state index in [-0.39, 0.29) is 11.7 Å². The van der Waals surface area contributed by atoms with Crippen LogP contribution < -0.4 is 4.74 Å². The zero-order valence-electron chi connectivity index (χ0n) is 20.0. The number of fused-ring (bicyclic) bond motifs is 2. The molecule has 2 bridgehead atoms. The van der Waals surface area contributed by atoms with Gasteiger partial charge in [0.25, 0.3) is 0 Å². The van der Waals surface area contributed by atoms with Gasteiger partial charge in [-0.05, 0) is 91.2 Å². The minimum absolute atomic E-state index is 0.115. The zero-order valence-corrected chi connectivity index (χ0v) is 20.0. The molecule has 0 heterocycles. The van der Waals surface area contributed by atoms with Crippen LogP contribution in [0.3, 0.4) is 0 Å². The summed E-state index contributed by atoms with van der Waals surface area (Å²) in [7, 11) is 0. The van der Waals surface area contributed by atoms with Crippen molar-refractivity contribution >= 4 is 0 Å². The molecule has 164 valence electrons. The van der Waals surface area contributed by atoms with Crippen molar-refractivity contribution in [2.45, 2.75) is 106 Å². The van der Waals surface area contributed by atoms with Gasteiger partial charge in [-0.15, -0.1) is 0 Å². The van der Waals surface area contributed by atoms with E-state index in [1.165, 1.54) is 44.1 Å². The summed E-state index contributed by atoms with van der Waals surface area (Å²) in [5.41, 5.74) is 2.45. The maximum Gasteiger partial charge on any atom is 0.200 e. The summed E-state index contributed by atoms with van der Waals surface area (Å²) >= 11 is 0. The van der Waals surface area contributed by atoms with E-state index in [4.69, 9.17) is 9.47 Å². The van der Waals surface area contributed by atoms with E-state index >= 15 is 0 Å². The van der Waals surface area contributed by atoms with Crippen molar-refractivity contribution in [1.29, 1.82) is 0 Å². The number of rotatable bonds is 8. The standard InChI is InChI=1S/C27H44O2/c1-8-28-24(19-27-15-13-20(17-27)14-16-27)29-22-11-9-21(10-12-22)23(26(5,6)7)18-25(2,3)4/h9-12,20,23-24H,8,13-19H2,1-7H3. The number of ether oxygens (including phenoxy) is 2. The first kappa shape index (κ1) is 22.7. The average Bonchev–Trinajstić information content (AvgIpc) is 3.19. The van der Waals surface area contributed by atoms with Crippen LogP contribution in [0.25, 0.3) is 0 Å². The zero-order chi connectivity index (χ0) is 21.3. The van der Waals surface area contributed by atoms with Crippen LogP contribution in [-0.2, 0) is 4.74 Å². The van der Waals surface area contributed by atoms with Gasteiger partial charge < -0.3 is 9.47 Å². The number of hydrogen-bond donors (Lipinski definition) is 0. The van der Waals surface area contributed by atoms with E-state index in [9.17, 15) is 0 Å². The average molecular weight is 401 g/mol. The van der Waals surface area contributed by atoms with Gasteiger partial charge in [0.05, 0.1) is 0 Å². The second kappa shape index (κ2) is 8.61. The largest absolute Gasteiger partial charge is 0.465 e. The molecule has 2 aliphatic carbocycles. The summed E-state index contributed by atoms with van der Waals surface area (Å²) in [4.78, 5) is 0. The molecule has 2 heteroatoms. The minimum atomic E-state index is -0.115. The van der Waals surface area contributed by atoms with Crippen LogP contribution in [0.4, 0.5) is 0 Å². The highest BCUT2D eigenvalue weighted by Gasteiger charge is 2.46. The summed E-state index contributed by atoms with van der Waals surface area (Å²) in [6.07, 6.45) is 9.06. The van der Waals surface area contributed by atoms with Gasteiger partial charge in [0.1, 0.15) is 5.75 Å². The van der Waals surface area contributed by atoms with Crippen LogP contribution in [0.2, 0.25) is 0 Å². The molecule has 2 fully saturated rings. The molecule has 0 radical (unpaired) electrons. The van der Waals surface area contributed by atoms with E-state index in [0.29, 0.717) is 23.4 Å². The third-order valence-corrected chi connectivity index (χ3v) is 7.25. The van der Waals surface area contributed by atoms with Gasteiger partial charge in [0.15, 0.2) is 6.29 Å². The first-order valence-corrected chi connectivity index (χ1v) is 11.9. The second-order valence-corrected chi connectivity index (χ2v) is 12.1. The Morgan fingerprint density at radius 1 is 1.00 bits per heavy atom. The van der Waals surface area contributed by atoms with Gasteiger partial charge in [-0.25, -0.2) is 0 Å². The van der Waals surface area contributed by atoms with Crippen molar-refractivity contribution in [2.24, 2.45) is 22.2 Å². The van der Waals surface area contributed by atoms with E-state index < -0.39 is 0 Å². The lowest BCUT2D eigenvalue weighted by atomic mass is 9.69. The molecule has 2 nitrogen and oxygen atoms in total. The molecule has 2 unspecified atom stereocenters. The Morgan fingerprint density at radius 2 is 1.62 bits per heavy atom. The molecule has 0 spiro atoms. The number of hydrogen-bond acceptors (Lipinski definition) is 2. The summed E-state index contributed by atoms with van der Waals surface area (Å²) < 4.78 is 12.4. The van der Waals surface area contributed by atoms with E-state index in [1.807, 2.05) is 0 Å². The molecule has 2 atom stereocenters. The summed E-state index contributed by atoms with van der Waals surface area (Å²) in [6, 6.07) is 8.87. The maximum atomic E-state index is 6.36. The third kappa shape index (κ3) is 6.00. The Kier molecular flexibility index (Phi) is 6.73. The quantitative estimate of drug-likeness (QED) is 0.412. The molecule has 2 aliphatic rings. The summed E-state index contributed by atoms with van der Waals surface area (Å²) in [5.74, 6) is 2.44. The van der Waals surface area contributed by atoms with Gasteiger partial charge in [-0.2, -0.15) is 0 Å². The number of benzene rings is 1. The lowest BCUT2D eigenvalue weighted by Gasteiger charge is -2.36. The molecule has 2 saturated carbocycles. The van der Waals surface area contributed by atoms with Gasteiger partial charge in [0.2, 0.25) is 0 Å². The molecule has 1 aromatic rings. The third-order valence-electron chi connectivity index (χ3n) is 7.25. The lowest BCUT2D eigenvalue weighted by molar-refractivity contribution is -0.100. The predicted octanol–water partition coefficient (Wildman–Crippen LogP) is 7.96. The Balaban J connectivity index is 1.69. The van der Waals surface area contributed by atoms with Gasteiger partial charge in [-0.3, -0.25) is 0 Å². The smallest absolute Gasteiger partial charge is 0.200 e. The van der Waals surface area contributed by atoms with Crippen LogP contribution in [0.5, 0.6) is 5.75 Å². The highest BCUT2D eigenvalue weighted by molar-refractivity contribution is 5.30. The summed E-state index contributed by atoms with van der Waals surface area (Å²) in [6.45, 7) is 16.9. The molecule has 0 aromatic heterocycles. The van der Waals surface area contributed by atoms with Crippen molar-refractivity contribution in [2.75, 3.05) is 6.61 Å². The topological polar surface area (TPSA) is 18.5 Å². The SMILES string of the molecule is CCOC(CC12CCC(CC1)C2)Oc1ccc(C(CC(C)(C)C)C(C)(C)C)cc1. The van der Waals surface area contributed by atoms with Crippen LogP contribution in [0.15, 0.2) is 24.3 Å². The molecule has 29 heavy (non-hydrogen) atoms. The summed E-state index contributed by atoms with van der Waals surface area (Å²) in [5, 5.41) is 0. The van der Waals surface area contributed by atoms with Crippen molar-refractivity contribution in [1.82, 2.24) is 0 Å². The van der Waals surface area contributed by atoms with Crippen LogP contribution in [0, 0.1) is 22.2 Å². The molecule has 3 rings (SSSR count). The lowest BCUT2D eigenvalue weighted by Crippen LogP contribution is -2.29. The molecule has 0 saturated heterocycles. The van der Waals surface area contributed by atoms with E-state index in [1.54, 1.807) is 0 Å². The molecule has 0 amide bonds. The Labute approximate surface area is 179 Å². The normalized spacial score (nSPS) is 26.5. The van der Waals surface area contributed by atoms with E-state index in [0.717, 1.165) is 18.1 Å². The Hall–Kier alpha value is -1.02. The fraction of sp³-hybridized carbons (Fsp3) is 0.778. The molecular formula is C27H44O2. The predicted molar refractivity (Wildman–Crippen MR) is 122 cm³/mol. The monoisotopic (exact) mass is 400 g/mol. The first-order chi connectivity index (χ1) is 13.5. The minimum Gasteiger partial charge on any atom is -0.465 e. The van der Waals surface area contributed by atoms with Crippen LogP contribution >= 0.6 is 0 Å². The Bertz CT molecular complexity index is 639. The second-order valence-electron chi connectivity index (χ2n) is 12.1. The maximum absolute atomic E-state index is 6.36. The van der Waals surface area contributed by atoms with Crippen LogP contribution in [-0.4, -0.2) is 12.9 Å². The van der Waals surface area contributed by atoms with E-state index in [2.05, 4.69) is 72.7 Å². The van der Waals surface area contributed by atoms with Crippen molar-refractivity contribution in [3.8, 4) is 5.75 Å². The van der Waals surface area contributed by atoms with Gasteiger partial charge in [-0.1, -0.05) is 53.7 Å². The molecular weight excluding hydrogens is 356 g/mol. The molecule has 1 aromatic carbocycles. The molecule has 0 N–H and O–H groups in total. The highest BCUT2D eigenvalue weighted by Crippen LogP contribution is 2.56. The highest BCUT2D eigenvalue weighted by atomic mass is 16.7. The Morgan fingerprint density at radius 3 is 2.07 bits per heavy atom. The molecule has 0 aliphatic heterocycles. The fourth-order valence-corrected chi connectivity index (χ4v) is 5.74. The fourth-order valence-electron chi connectivity index (χ4n) is 5.74.